The maximum Gasteiger partial charge on any atom is 0.189 e. The highest BCUT2D eigenvalue weighted by atomic mass is 16.7. The van der Waals surface area contributed by atoms with Gasteiger partial charge in [-0.1, -0.05) is 39.0 Å². The number of aliphatic hydroxyl groups is 1. The SMILES string of the molecule is CC1(C)COC2(CC[C@]3(CO)[C@H]4CC[C@]5(C)C(=O)CC[C@H]5[C@@H]4CCC34OCOc3ccccc3C24)OC1. The minimum absolute atomic E-state index is 0.0496. The van der Waals surface area contributed by atoms with E-state index in [2.05, 4.69) is 32.9 Å². The van der Waals surface area contributed by atoms with Crippen LogP contribution in [0, 0.1) is 34.0 Å². The Kier molecular flexibility index (Phi) is 5.33. The van der Waals surface area contributed by atoms with Crippen LogP contribution in [0.3, 0.4) is 0 Å². The third-order valence-corrected chi connectivity index (χ3v) is 11.8. The van der Waals surface area contributed by atoms with Gasteiger partial charge in [-0.2, -0.15) is 0 Å². The fourth-order valence-electron chi connectivity index (χ4n) is 10.0. The lowest BCUT2D eigenvalue weighted by Crippen LogP contribution is -2.73. The van der Waals surface area contributed by atoms with Crippen molar-refractivity contribution in [1.82, 2.24) is 0 Å². The van der Waals surface area contributed by atoms with E-state index in [0.29, 0.717) is 43.2 Å². The second-order valence-electron chi connectivity index (χ2n) is 14.0. The molecular formula is C31H42O6. The molecule has 6 heteroatoms. The zero-order valence-electron chi connectivity index (χ0n) is 22.6. The van der Waals surface area contributed by atoms with Crippen molar-refractivity contribution in [2.45, 2.75) is 89.4 Å². The topological polar surface area (TPSA) is 74.2 Å². The molecule has 1 aromatic rings. The number of para-hydroxylation sites is 1. The van der Waals surface area contributed by atoms with Gasteiger partial charge in [0.25, 0.3) is 0 Å². The first kappa shape index (κ1) is 24.6. The van der Waals surface area contributed by atoms with E-state index in [1.807, 2.05) is 12.1 Å². The van der Waals surface area contributed by atoms with E-state index >= 15 is 0 Å². The molecule has 1 N–H and O–H groups in total. The van der Waals surface area contributed by atoms with Crippen LogP contribution in [-0.4, -0.2) is 48.9 Å². The number of fused-ring (bicyclic) bond motifs is 7. The van der Waals surface area contributed by atoms with Crippen LogP contribution in [0.2, 0.25) is 0 Å². The van der Waals surface area contributed by atoms with Crippen LogP contribution >= 0.6 is 0 Å². The van der Waals surface area contributed by atoms with Crippen LogP contribution in [0.5, 0.6) is 5.75 Å². The van der Waals surface area contributed by atoms with Crippen molar-refractivity contribution in [2.24, 2.45) is 34.0 Å². The molecule has 4 saturated carbocycles. The van der Waals surface area contributed by atoms with Gasteiger partial charge in [-0.25, -0.2) is 0 Å². The number of benzene rings is 1. The molecule has 5 fully saturated rings. The van der Waals surface area contributed by atoms with Crippen LogP contribution in [0.15, 0.2) is 24.3 Å². The Morgan fingerprint density at radius 2 is 1.70 bits per heavy atom. The summed E-state index contributed by atoms with van der Waals surface area (Å²) in [4.78, 5) is 13.0. The summed E-state index contributed by atoms with van der Waals surface area (Å²) in [5.74, 6) is 1.43. The molecular weight excluding hydrogens is 468 g/mol. The third kappa shape index (κ3) is 3.10. The molecule has 4 aliphatic carbocycles. The summed E-state index contributed by atoms with van der Waals surface area (Å²) in [5.41, 5.74) is -0.261. The number of hydrogen-bond acceptors (Lipinski definition) is 6. The quantitative estimate of drug-likeness (QED) is 0.558. The summed E-state index contributed by atoms with van der Waals surface area (Å²) >= 11 is 0. The van der Waals surface area contributed by atoms with Crippen LogP contribution in [-0.2, 0) is 19.0 Å². The van der Waals surface area contributed by atoms with Gasteiger partial charge < -0.3 is 24.1 Å². The lowest BCUT2D eigenvalue weighted by atomic mass is 9.40. The maximum absolute atomic E-state index is 13.0. The van der Waals surface area contributed by atoms with E-state index in [9.17, 15) is 9.90 Å². The van der Waals surface area contributed by atoms with Gasteiger partial charge in [0, 0.05) is 34.7 Å². The lowest BCUT2D eigenvalue weighted by molar-refractivity contribution is -0.378. The minimum Gasteiger partial charge on any atom is -0.467 e. The van der Waals surface area contributed by atoms with Crippen LogP contribution in [0.1, 0.15) is 83.6 Å². The van der Waals surface area contributed by atoms with E-state index in [1.54, 1.807) is 0 Å². The molecule has 6 aliphatic rings. The third-order valence-electron chi connectivity index (χ3n) is 11.8. The summed E-state index contributed by atoms with van der Waals surface area (Å²) in [7, 11) is 0. The van der Waals surface area contributed by atoms with Crippen molar-refractivity contribution in [3.8, 4) is 5.75 Å². The van der Waals surface area contributed by atoms with Gasteiger partial charge in [0.05, 0.1) is 31.3 Å². The number of rotatable bonds is 1. The molecule has 0 amide bonds. The summed E-state index contributed by atoms with van der Waals surface area (Å²) < 4.78 is 26.8. The van der Waals surface area contributed by atoms with Gasteiger partial charge in [0.1, 0.15) is 11.5 Å². The first-order valence-corrected chi connectivity index (χ1v) is 14.5. The Morgan fingerprint density at radius 3 is 2.49 bits per heavy atom. The van der Waals surface area contributed by atoms with Gasteiger partial charge in [-0.15, -0.1) is 0 Å². The molecule has 0 radical (unpaired) electrons. The lowest BCUT2D eigenvalue weighted by Gasteiger charge is -2.69. The van der Waals surface area contributed by atoms with Gasteiger partial charge >= 0.3 is 0 Å². The molecule has 202 valence electrons. The minimum atomic E-state index is -0.808. The number of aliphatic hydroxyl groups excluding tert-OH is 1. The summed E-state index contributed by atoms with van der Waals surface area (Å²) in [6, 6.07) is 8.25. The molecule has 1 aromatic carbocycles. The summed E-state index contributed by atoms with van der Waals surface area (Å²) in [6.45, 7) is 8.08. The monoisotopic (exact) mass is 510 g/mol. The highest BCUT2D eigenvalue weighted by Gasteiger charge is 2.74. The van der Waals surface area contributed by atoms with Crippen molar-refractivity contribution >= 4 is 5.78 Å². The number of hydrogen-bond donors (Lipinski definition) is 1. The predicted octanol–water partition coefficient (Wildman–Crippen LogP) is 5.22. The fraction of sp³-hybridized carbons (Fsp3) is 0.774. The Balaban J connectivity index is 1.38. The molecule has 0 aromatic heterocycles. The largest absolute Gasteiger partial charge is 0.467 e. The first-order chi connectivity index (χ1) is 17.7. The van der Waals surface area contributed by atoms with Crippen LogP contribution < -0.4 is 4.74 Å². The molecule has 7 rings (SSSR count). The van der Waals surface area contributed by atoms with Crippen LogP contribution in [0.4, 0.5) is 0 Å². The Labute approximate surface area is 220 Å². The highest BCUT2D eigenvalue weighted by Crippen LogP contribution is 2.72. The van der Waals surface area contributed by atoms with E-state index in [0.717, 1.165) is 56.3 Å². The molecule has 6 nitrogen and oxygen atoms in total. The smallest absolute Gasteiger partial charge is 0.189 e. The van der Waals surface area contributed by atoms with E-state index in [4.69, 9.17) is 18.9 Å². The molecule has 7 atom stereocenters. The molecule has 37 heavy (non-hydrogen) atoms. The van der Waals surface area contributed by atoms with E-state index in [1.165, 1.54) is 0 Å². The normalized spacial score (nSPS) is 45.5. The molecule has 2 aliphatic heterocycles. The number of carbonyl (C=O) groups excluding carboxylic acids is 1. The van der Waals surface area contributed by atoms with E-state index < -0.39 is 16.8 Å². The van der Waals surface area contributed by atoms with Gasteiger partial charge in [0.15, 0.2) is 12.6 Å². The number of ether oxygens (including phenoxy) is 4. The standard InChI is InChI=1S/C31H42O6/c1-27(2)17-35-31(36-18-27)15-14-29(16-32)23-11-12-28(3)22(8-9-25(28)33)20(23)10-13-30(29)26(31)21-6-4-5-7-24(21)34-19-37-30/h4-7,20,22-23,26,32H,8-19H2,1-3H3/t20-,22-,23-,26?,28-,29-,30?/m0/s1. The average molecular weight is 511 g/mol. The zero-order chi connectivity index (χ0) is 25.7. The average Bonchev–Trinajstić information content (AvgIpc) is 3.09. The Hall–Kier alpha value is -1.47. The molecule has 1 saturated heterocycles. The molecule has 2 spiro atoms. The summed E-state index contributed by atoms with van der Waals surface area (Å²) in [6.07, 6.45) is 6.91. The second-order valence-corrected chi connectivity index (χ2v) is 14.0. The highest BCUT2D eigenvalue weighted by molar-refractivity contribution is 5.87. The van der Waals surface area contributed by atoms with Gasteiger partial charge in [-0.3, -0.25) is 4.79 Å². The van der Waals surface area contributed by atoms with E-state index in [-0.39, 0.29) is 30.1 Å². The number of Topliss-reactive ketones (excluding diaryl/α,β-unsaturated/α-hetero) is 1. The first-order valence-electron chi connectivity index (χ1n) is 14.5. The number of ketones is 1. The van der Waals surface area contributed by atoms with Crippen molar-refractivity contribution < 1.29 is 28.8 Å². The Morgan fingerprint density at radius 1 is 0.919 bits per heavy atom. The Bertz CT molecular complexity index is 1090. The predicted molar refractivity (Wildman–Crippen MR) is 137 cm³/mol. The van der Waals surface area contributed by atoms with Crippen LogP contribution in [0.25, 0.3) is 0 Å². The molecule has 2 unspecified atom stereocenters. The van der Waals surface area contributed by atoms with Crippen molar-refractivity contribution in [3.05, 3.63) is 29.8 Å². The fourth-order valence-corrected chi connectivity index (χ4v) is 10.0. The zero-order valence-corrected chi connectivity index (χ0v) is 22.6. The van der Waals surface area contributed by atoms with Crippen molar-refractivity contribution in [1.29, 1.82) is 0 Å². The number of carbonyl (C=O) groups is 1. The summed E-state index contributed by atoms with van der Waals surface area (Å²) in [5, 5.41) is 11.4. The van der Waals surface area contributed by atoms with Gasteiger partial charge in [0.2, 0.25) is 0 Å². The second kappa shape index (κ2) is 8.03. The van der Waals surface area contributed by atoms with Crippen molar-refractivity contribution in [2.75, 3.05) is 26.6 Å². The molecule has 0 bridgehead atoms. The van der Waals surface area contributed by atoms with Gasteiger partial charge in [-0.05, 0) is 62.3 Å². The van der Waals surface area contributed by atoms with Crippen molar-refractivity contribution in [3.63, 3.8) is 0 Å². The maximum atomic E-state index is 13.0. The molecule has 2 heterocycles.